The zero-order valence-corrected chi connectivity index (χ0v) is 8.69. The Hall–Kier alpha value is -0.380. The average Bonchev–Trinajstić information content (AvgIpc) is 2.34. The van der Waals surface area contributed by atoms with Crippen LogP contribution in [0.3, 0.4) is 0 Å². The number of hydrogen-bond acceptors (Lipinski definition) is 3. The van der Waals surface area contributed by atoms with E-state index in [1.54, 1.807) is 11.3 Å². The molecule has 1 aromatic rings. The normalized spacial score (nSPS) is 13.8. The molecule has 0 bridgehead atoms. The lowest BCUT2D eigenvalue weighted by Crippen LogP contribution is -2.25. The van der Waals surface area contributed by atoms with E-state index in [1.165, 1.54) is 9.75 Å². The molecule has 0 saturated heterocycles. The minimum atomic E-state index is 0.165. The number of aryl methyl sites for hydroxylation is 1. The molecule has 0 aromatic carbocycles. The molecule has 68 valence electrons. The van der Waals surface area contributed by atoms with E-state index in [4.69, 9.17) is 5.73 Å². The summed E-state index contributed by atoms with van der Waals surface area (Å²) in [5, 5.41) is 0. The maximum atomic E-state index is 5.98. The van der Waals surface area contributed by atoms with Crippen LogP contribution in [0.15, 0.2) is 12.1 Å². The van der Waals surface area contributed by atoms with Crippen molar-refractivity contribution in [2.75, 3.05) is 20.6 Å². The van der Waals surface area contributed by atoms with E-state index >= 15 is 0 Å². The summed E-state index contributed by atoms with van der Waals surface area (Å²) in [5.41, 5.74) is 5.98. The molecule has 12 heavy (non-hydrogen) atoms. The minimum Gasteiger partial charge on any atom is -0.322 e. The molecule has 2 nitrogen and oxygen atoms in total. The first-order chi connectivity index (χ1) is 5.59. The van der Waals surface area contributed by atoms with E-state index in [9.17, 15) is 0 Å². The highest BCUT2D eigenvalue weighted by molar-refractivity contribution is 7.12. The fraction of sp³-hybridized carbons (Fsp3) is 0.556. The fourth-order valence-corrected chi connectivity index (χ4v) is 2.01. The van der Waals surface area contributed by atoms with Crippen LogP contribution < -0.4 is 5.73 Å². The predicted molar refractivity (Wildman–Crippen MR) is 54.5 cm³/mol. The van der Waals surface area contributed by atoms with Gasteiger partial charge in [0.1, 0.15) is 0 Å². The molecular weight excluding hydrogens is 168 g/mol. The molecule has 0 fully saturated rings. The van der Waals surface area contributed by atoms with Gasteiger partial charge in [0.05, 0.1) is 6.04 Å². The van der Waals surface area contributed by atoms with Crippen molar-refractivity contribution in [3.8, 4) is 0 Å². The topological polar surface area (TPSA) is 29.3 Å². The summed E-state index contributed by atoms with van der Waals surface area (Å²) < 4.78 is 0. The van der Waals surface area contributed by atoms with Gasteiger partial charge < -0.3 is 10.6 Å². The van der Waals surface area contributed by atoms with E-state index in [2.05, 4.69) is 24.0 Å². The van der Waals surface area contributed by atoms with Crippen molar-refractivity contribution in [3.05, 3.63) is 21.9 Å². The van der Waals surface area contributed by atoms with Gasteiger partial charge in [-0.3, -0.25) is 0 Å². The molecule has 1 heterocycles. The number of rotatable bonds is 3. The molecule has 0 saturated carbocycles. The molecule has 0 spiro atoms. The van der Waals surface area contributed by atoms with E-state index in [0.717, 1.165) is 6.54 Å². The van der Waals surface area contributed by atoms with Gasteiger partial charge in [-0.05, 0) is 33.2 Å². The zero-order valence-electron chi connectivity index (χ0n) is 7.87. The quantitative estimate of drug-likeness (QED) is 0.773. The molecule has 1 unspecified atom stereocenters. The Labute approximate surface area is 78.0 Å². The third kappa shape index (κ3) is 2.59. The first-order valence-electron chi connectivity index (χ1n) is 4.06. The summed E-state index contributed by atoms with van der Waals surface area (Å²) in [6.07, 6.45) is 0. The molecule has 0 amide bonds. The first-order valence-corrected chi connectivity index (χ1v) is 4.88. The zero-order chi connectivity index (χ0) is 9.14. The smallest absolute Gasteiger partial charge is 0.0518 e. The first kappa shape index (κ1) is 9.71. The SMILES string of the molecule is Cc1ccc(C(N)CN(C)C)s1. The molecule has 3 heteroatoms. The van der Waals surface area contributed by atoms with Crippen LogP contribution in [0.25, 0.3) is 0 Å². The Bertz CT molecular complexity index is 242. The van der Waals surface area contributed by atoms with Crippen LogP contribution in [0.2, 0.25) is 0 Å². The van der Waals surface area contributed by atoms with Crippen LogP contribution in [0.1, 0.15) is 15.8 Å². The van der Waals surface area contributed by atoms with Crippen molar-refractivity contribution >= 4 is 11.3 Å². The van der Waals surface area contributed by atoms with Crippen molar-refractivity contribution in [1.29, 1.82) is 0 Å². The van der Waals surface area contributed by atoms with Gasteiger partial charge in [0.2, 0.25) is 0 Å². The molecule has 0 radical (unpaired) electrons. The molecule has 1 aromatic heterocycles. The lowest BCUT2D eigenvalue weighted by molar-refractivity contribution is 0.379. The van der Waals surface area contributed by atoms with Crippen LogP contribution in [-0.4, -0.2) is 25.5 Å². The van der Waals surface area contributed by atoms with Crippen molar-refractivity contribution in [2.24, 2.45) is 5.73 Å². The Morgan fingerprint density at radius 1 is 1.50 bits per heavy atom. The van der Waals surface area contributed by atoms with Gasteiger partial charge in [0, 0.05) is 16.3 Å². The average molecular weight is 184 g/mol. The summed E-state index contributed by atoms with van der Waals surface area (Å²) in [6.45, 7) is 3.02. The number of nitrogens with zero attached hydrogens (tertiary/aromatic N) is 1. The Morgan fingerprint density at radius 3 is 2.58 bits per heavy atom. The maximum absolute atomic E-state index is 5.98. The second kappa shape index (κ2) is 4.03. The lowest BCUT2D eigenvalue weighted by atomic mass is 10.2. The molecule has 1 rings (SSSR count). The molecule has 2 N–H and O–H groups in total. The second-order valence-corrected chi connectivity index (χ2v) is 4.64. The third-order valence-electron chi connectivity index (χ3n) is 1.69. The predicted octanol–water partition coefficient (Wildman–Crippen LogP) is 1.62. The van der Waals surface area contributed by atoms with Crippen molar-refractivity contribution in [1.82, 2.24) is 4.90 Å². The molecule has 0 aliphatic carbocycles. The van der Waals surface area contributed by atoms with Crippen molar-refractivity contribution < 1.29 is 0 Å². The fourth-order valence-electron chi connectivity index (χ4n) is 1.14. The van der Waals surface area contributed by atoms with Gasteiger partial charge in [-0.25, -0.2) is 0 Å². The molecule has 0 aliphatic rings. The summed E-state index contributed by atoms with van der Waals surface area (Å²) in [7, 11) is 4.08. The van der Waals surface area contributed by atoms with E-state index in [1.807, 2.05) is 14.1 Å². The lowest BCUT2D eigenvalue weighted by Gasteiger charge is -2.15. The summed E-state index contributed by atoms with van der Waals surface area (Å²) in [4.78, 5) is 4.72. The number of likely N-dealkylation sites (N-methyl/N-ethyl adjacent to an activating group) is 1. The standard InChI is InChI=1S/C9H16N2S/c1-7-4-5-9(12-7)8(10)6-11(2)3/h4-5,8H,6,10H2,1-3H3. The van der Waals surface area contributed by atoms with Crippen molar-refractivity contribution in [2.45, 2.75) is 13.0 Å². The minimum absolute atomic E-state index is 0.165. The van der Waals surface area contributed by atoms with Gasteiger partial charge in [-0.1, -0.05) is 0 Å². The van der Waals surface area contributed by atoms with Crippen LogP contribution >= 0.6 is 11.3 Å². The highest BCUT2D eigenvalue weighted by atomic mass is 32.1. The third-order valence-corrected chi connectivity index (χ3v) is 2.82. The van der Waals surface area contributed by atoms with Gasteiger partial charge in [0.15, 0.2) is 0 Å². The molecule has 1 atom stereocenters. The summed E-state index contributed by atoms with van der Waals surface area (Å²) in [6, 6.07) is 4.41. The van der Waals surface area contributed by atoms with Crippen LogP contribution in [0.5, 0.6) is 0 Å². The van der Waals surface area contributed by atoms with E-state index < -0.39 is 0 Å². The molecule has 0 aliphatic heterocycles. The highest BCUT2D eigenvalue weighted by Gasteiger charge is 2.08. The number of nitrogens with two attached hydrogens (primary N) is 1. The monoisotopic (exact) mass is 184 g/mol. The number of hydrogen-bond donors (Lipinski definition) is 1. The summed E-state index contributed by atoms with van der Waals surface area (Å²) >= 11 is 1.79. The Morgan fingerprint density at radius 2 is 2.17 bits per heavy atom. The van der Waals surface area contributed by atoms with E-state index in [-0.39, 0.29) is 6.04 Å². The van der Waals surface area contributed by atoms with Gasteiger partial charge in [-0.2, -0.15) is 0 Å². The van der Waals surface area contributed by atoms with Gasteiger partial charge in [-0.15, -0.1) is 11.3 Å². The molecular formula is C9H16N2S. The Kier molecular flexibility index (Phi) is 3.26. The highest BCUT2D eigenvalue weighted by Crippen LogP contribution is 2.21. The van der Waals surface area contributed by atoms with Gasteiger partial charge in [0.25, 0.3) is 0 Å². The Balaban J connectivity index is 2.58. The number of thiophene rings is 1. The van der Waals surface area contributed by atoms with Gasteiger partial charge >= 0.3 is 0 Å². The van der Waals surface area contributed by atoms with Crippen LogP contribution in [0, 0.1) is 6.92 Å². The van der Waals surface area contributed by atoms with E-state index in [0.29, 0.717) is 0 Å². The largest absolute Gasteiger partial charge is 0.322 e. The summed E-state index contributed by atoms with van der Waals surface area (Å²) in [5.74, 6) is 0. The second-order valence-electron chi connectivity index (χ2n) is 3.32. The maximum Gasteiger partial charge on any atom is 0.0518 e. The van der Waals surface area contributed by atoms with Crippen molar-refractivity contribution in [3.63, 3.8) is 0 Å². The van der Waals surface area contributed by atoms with Crippen LogP contribution in [-0.2, 0) is 0 Å². The van der Waals surface area contributed by atoms with Crippen LogP contribution in [0.4, 0.5) is 0 Å².